The third-order valence-electron chi connectivity index (χ3n) is 2.64. The van der Waals surface area contributed by atoms with E-state index in [0.717, 1.165) is 0 Å². The predicted octanol–water partition coefficient (Wildman–Crippen LogP) is 3.63. The largest absolute Gasteiger partial charge is 0.271 e. The molecule has 0 aliphatic heterocycles. The summed E-state index contributed by atoms with van der Waals surface area (Å²) in [7, 11) is 0. The van der Waals surface area contributed by atoms with Crippen LogP contribution in [0.5, 0.6) is 0 Å². The van der Waals surface area contributed by atoms with Crippen LogP contribution in [-0.2, 0) is 0 Å². The van der Waals surface area contributed by atoms with E-state index >= 15 is 0 Å². The Morgan fingerprint density at radius 1 is 1.14 bits per heavy atom. The van der Waals surface area contributed by atoms with Crippen LogP contribution in [0.15, 0.2) is 47.6 Å². The maximum absolute atomic E-state index is 11.8. The van der Waals surface area contributed by atoms with E-state index in [1.54, 1.807) is 42.5 Å². The molecule has 21 heavy (non-hydrogen) atoms. The second-order valence-corrected chi connectivity index (χ2v) is 4.84. The van der Waals surface area contributed by atoms with Crippen LogP contribution in [0.2, 0.25) is 10.0 Å². The molecule has 4 nitrogen and oxygen atoms in total. The molecule has 1 N–H and O–H groups in total. The van der Waals surface area contributed by atoms with Gasteiger partial charge in [0.15, 0.2) is 0 Å². The van der Waals surface area contributed by atoms with Crippen LogP contribution < -0.4 is 5.43 Å². The van der Waals surface area contributed by atoms with E-state index in [1.165, 1.54) is 6.21 Å². The highest BCUT2D eigenvalue weighted by Gasteiger charge is 2.05. The van der Waals surface area contributed by atoms with Gasteiger partial charge in [0.1, 0.15) is 0 Å². The van der Waals surface area contributed by atoms with Crippen LogP contribution in [-0.4, -0.2) is 12.1 Å². The Labute approximate surface area is 131 Å². The zero-order valence-corrected chi connectivity index (χ0v) is 12.2. The molecule has 104 valence electrons. The molecule has 0 saturated carbocycles. The highest BCUT2D eigenvalue weighted by atomic mass is 35.5. The topological polar surface area (TPSA) is 65.2 Å². The number of nitrogens with one attached hydrogen (secondary N) is 1. The van der Waals surface area contributed by atoms with E-state index in [9.17, 15) is 4.79 Å². The standard InChI is InChI=1S/C15H9Cl2N3O/c16-13-2-1-3-14(17)12(13)9-19-20-15(21)11-6-4-10(8-18)5-7-11/h1-7,9H,(H,20,21)/b19-9-. The first-order valence-corrected chi connectivity index (χ1v) is 6.65. The third kappa shape index (κ3) is 3.82. The normalized spacial score (nSPS) is 10.3. The van der Waals surface area contributed by atoms with Crippen molar-refractivity contribution in [1.82, 2.24) is 5.43 Å². The number of hydrogen-bond donors (Lipinski definition) is 1. The fraction of sp³-hybridized carbons (Fsp3) is 0. The number of carbonyl (C=O) groups is 1. The maximum atomic E-state index is 11.8. The summed E-state index contributed by atoms with van der Waals surface area (Å²) in [6, 6.07) is 13.3. The fourth-order valence-corrected chi connectivity index (χ4v) is 2.05. The summed E-state index contributed by atoms with van der Waals surface area (Å²) >= 11 is 12.0. The monoisotopic (exact) mass is 317 g/mol. The molecule has 2 aromatic carbocycles. The van der Waals surface area contributed by atoms with Crippen molar-refractivity contribution in [3.8, 4) is 6.07 Å². The highest BCUT2D eigenvalue weighted by molar-refractivity contribution is 6.38. The number of hydrazone groups is 1. The molecule has 0 bridgehead atoms. The second kappa shape index (κ2) is 6.89. The number of nitriles is 1. The van der Waals surface area contributed by atoms with Crippen molar-refractivity contribution in [2.45, 2.75) is 0 Å². The molecule has 0 spiro atoms. The summed E-state index contributed by atoms with van der Waals surface area (Å²) in [5.74, 6) is -0.390. The molecule has 0 aliphatic rings. The van der Waals surface area contributed by atoms with Gasteiger partial charge < -0.3 is 0 Å². The number of halogens is 2. The van der Waals surface area contributed by atoms with E-state index in [0.29, 0.717) is 26.7 Å². The molecule has 0 saturated heterocycles. The molecule has 0 unspecified atom stereocenters. The van der Waals surface area contributed by atoms with Gasteiger partial charge in [-0.05, 0) is 36.4 Å². The quantitative estimate of drug-likeness (QED) is 0.694. The van der Waals surface area contributed by atoms with Gasteiger partial charge in [-0.1, -0.05) is 29.3 Å². The lowest BCUT2D eigenvalue weighted by Gasteiger charge is -2.02. The molecule has 0 aromatic heterocycles. The minimum atomic E-state index is -0.390. The summed E-state index contributed by atoms with van der Waals surface area (Å²) in [6.45, 7) is 0. The van der Waals surface area contributed by atoms with Crippen molar-refractivity contribution in [3.05, 3.63) is 69.2 Å². The Morgan fingerprint density at radius 2 is 1.76 bits per heavy atom. The minimum Gasteiger partial charge on any atom is -0.267 e. The van der Waals surface area contributed by atoms with Gasteiger partial charge in [0.05, 0.1) is 27.9 Å². The third-order valence-corrected chi connectivity index (χ3v) is 3.29. The van der Waals surface area contributed by atoms with Crippen LogP contribution in [0.3, 0.4) is 0 Å². The zero-order valence-electron chi connectivity index (χ0n) is 10.7. The summed E-state index contributed by atoms with van der Waals surface area (Å²) < 4.78 is 0. The Hall–Kier alpha value is -2.35. The van der Waals surface area contributed by atoms with Crippen LogP contribution in [0.25, 0.3) is 0 Å². The molecular formula is C15H9Cl2N3O. The first kappa shape index (κ1) is 15.0. The number of benzene rings is 2. The molecule has 1 amide bonds. The molecule has 2 rings (SSSR count). The predicted molar refractivity (Wildman–Crippen MR) is 82.7 cm³/mol. The molecule has 0 aliphatic carbocycles. The van der Waals surface area contributed by atoms with Gasteiger partial charge in [-0.2, -0.15) is 10.4 Å². The van der Waals surface area contributed by atoms with Crippen LogP contribution in [0, 0.1) is 11.3 Å². The van der Waals surface area contributed by atoms with Crippen molar-refractivity contribution in [2.75, 3.05) is 0 Å². The van der Waals surface area contributed by atoms with Crippen LogP contribution >= 0.6 is 23.2 Å². The summed E-state index contributed by atoms with van der Waals surface area (Å²) in [4.78, 5) is 11.8. The second-order valence-electron chi connectivity index (χ2n) is 4.02. The first-order chi connectivity index (χ1) is 10.1. The highest BCUT2D eigenvalue weighted by Crippen LogP contribution is 2.21. The van der Waals surface area contributed by atoms with E-state index in [1.807, 2.05) is 6.07 Å². The number of carbonyl (C=O) groups excluding carboxylic acids is 1. The van der Waals surface area contributed by atoms with E-state index in [2.05, 4.69) is 10.5 Å². The molecular weight excluding hydrogens is 309 g/mol. The summed E-state index contributed by atoms with van der Waals surface area (Å²) in [5, 5.41) is 13.4. The molecule has 0 heterocycles. The molecule has 6 heteroatoms. The fourth-order valence-electron chi connectivity index (χ4n) is 1.55. The molecule has 0 radical (unpaired) electrons. The van der Waals surface area contributed by atoms with Gasteiger partial charge in [-0.25, -0.2) is 5.43 Å². The number of rotatable bonds is 3. The number of nitrogens with zero attached hydrogens (tertiary/aromatic N) is 2. The Kier molecular flexibility index (Phi) is 4.94. The molecule has 2 aromatic rings. The zero-order chi connectivity index (χ0) is 15.2. The van der Waals surface area contributed by atoms with Crippen LogP contribution in [0.4, 0.5) is 0 Å². The molecule has 0 atom stereocenters. The van der Waals surface area contributed by atoms with E-state index < -0.39 is 0 Å². The average Bonchev–Trinajstić information content (AvgIpc) is 2.50. The van der Waals surface area contributed by atoms with Crippen LogP contribution in [0.1, 0.15) is 21.5 Å². The Bertz CT molecular complexity index is 713. The number of amides is 1. The number of hydrogen-bond acceptors (Lipinski definition) is 3. The van der Waals surface area contributed by atoms with Crippen molar-refractivity contribution in [1.29, 1.82) is 5.26 Å². The Morgan fingerprint density at radius 3 is 2.33 bits per heavy atom. The van der Waals surface area contributed by atoms with E-state index in [4.69, 9.17) is 28.5 Å². The smallest absolute Gasteiger partial charge is 0.267 e. The van der Waals surface area contributed by atoms with E-state index in [-0.39, 0.29) is 5.91 Å². The minimum absolute atomic E-state index is 0.390. The molecule has 0 fully saturated rings. The van der Waals surface area contributed by atoms with Gasteiger partial charge in [0, 0.05) is 11.1 Å². The summed E-state index contributed by atoms with van der Waals surface area (Å²) in [5.41, 5.74) is 3.78. The maximum Gasteiger partial charge on any atom is 0.271 e. The average molecular weight is 318 g/mol. The lowest BCUT2D eigenvalue weighted by molar-refractivity contribution is 0.0955. The van der Waals surface area contributed by atoms with Gasteiger partial charge in [0.2, 0.25) is 0 Å². The van der Waals surface area contributed by atoms with Gasteiger partial charge in [-0.15, -0.1) is 0 Å². The first-order valence-electron chi connectivity index (χ1n) is 5.89. The lowest BCUT2D eigenvalue weighted by Crippen LogP contribution is -2.17. The van der Waals surface area contributed by atoms with Crippen molar-refractivity contribution in [2.24, 2.45) is 5.10 Å². The van der Waals surface area contributed by atoms with Gasteiger partial charge in [-0.3, -0.25) is 4.79 Å². The Balaban J connectivity index is 2.07. The van der Waals surface area contributed by atoms with Gasteiger partial charge >= 0.3 is 0 Å². The SMILES string of the molecule is N#Cc1ccc(C(=O)N/N=C\c2c(Cl)cccc2Cl)cc1. The van der Waals surface area contributed by atoms with Gasteiger partial charge in [0.25, 0.3) is 5.91 Å². The van der Waals surface area contributed by atoms with Crippen molar-refractivity contribution >= 4 is 35.3 Å². The van der Waals surface area contributed by atoms with Crippen molar-refractivity contribution in [3.63, 3.8) is 0 Å². The van der Waals surface area contributed by atoms with Crippen molar-refractivity contribution < 1.29 is 4.79 Å². The lowest BCUT2D eigenvalue weighted by atomic mass is 10.1. The summed E-state index contributed by atoms with van der Waals surface area (Å²) in [6.07, 6.45) is 1.38.